The molecule has 0 unspecified atom stereocenters. The SMILES string of the molecule is O=C1C[C@H](c2nc(C3CCC3)no2)CN1c1cccc(O)c1. The molecular weight excluding hydrogens is 282 g/mol. The first kappa shape index (κ1) is 13.3. The van der Waals surface area contributed by atoms with Gasteiger partial charge in [-0.25, -0.2) is 0 Å². The van der Waals surface area contributed by atoms with E-state index in [1.165, 1.54) is 6.42 Å². The van der Waals surface area contributed by atoms with Gasteiger partial charge in [-0.1, -0.05) is 17.6 Å². The quantitative estimate of drug-likeness (QED) is 0.942. The number of phenols is 1. The molecule has 1 atom stereocenters. The van der Waals surface area contributed by atoms with Crippen molar-refractivity contribution < 1.29 is 14.4 Å². The van der Waals surface area contributed by atoms with Gasteiger partial charge in [0.1, 0.15) is 5.75 Å². The van der Waals surface area contributed by atoms with Gasteiger partial charge in [-0.2, -0.15) is 4.98 Å². The first-order valence-electron chi connectivity index (χ1n) is 7.63. The van der Waals surface area contributed by atoms with Crippen LogP contribution in [0.25, 0.3) is 0 Å². The Bertz CT molecular complexity index is 708. The van der Waals surface area contributed by atoms with Gasteiger partial charge in [0.25, 0.3) is 0 Å². The van der Waals surface area contributed by atoms with Crippen LogP contribution in [0.3, 0.4) is 0 Å². The summed E-state index contributed by atoms with van der Waals surface area (Å²) in [6.07, 6.45) is 3.83. The van der Waals surface area contributed by atoms with Crippen molar-refractivity contribution in [1.29, 1.82) is 0 Å². The molecular formula is C16H17N3O3. The normalized spacial score (nSPS) is 22.1. The van der Waals surface area contributed by atoms with Gasteiger partial charge in [-0.15, -0.1) is 0 Å². The third-order valence-electron chi connectivity index (χ3n) is 4.54. The maximum absolute atomic E-state index is 12.2. The van der Waals surface area contributed by atoms with Crippen molar-refractivity contribution in [2.24, 2.45) is 0 Å². The van der Waals surface area contributed by atoms with Gasteiger partial charge < -0.3 is 14.5 Å². The van der Waals surface area contributed by atoms with Crippen molar-refractivity contribution >= 4 is 11.6 Å². The number of phenolic OH excluding ortho intramolecular Hbond substituents is 1. The minimum atomic E-state index is -0.0730. The van der Waals surface area contributed by atoms with E-state index in [4.69, 9.17) is 4.52 Å². The van der Waals surface area contributed by atoms with Crippen LogP contribution in [-0.4, -0.2) is 27.7 Å². The standard InChI is InChI=1S/C16H17N3O3/c20-13-6-2-5-12(8-13)19-9-11(7-14(19)21)16-17-15(18-22-16)10-3-1-4-10/h2,5-6,8,10-11,20H,1,3-4,7,9H2/t11-/m0/s1. The van der Waals surface area contributed by atoms with Gasteiger partial charge in [0.15, 0.2) is 5.82 Å². The number of aromatic nitrogens is 2. The molecule has 1 saturated heterocycles. The molecule has 2 aromatic rings. The number of nitrogens with zero attached hydrogens (tertiary/aromatic N) is 3. The largest absolute Gasteiger partial charge is 0.508 e. The number of anilines is 1. The lowest BCUT2D eigenvalue weighted by molar-refractivity contribution is -0.117. The molecule has 2 aliphatic rings. The van der Waals surface area contributed by atoms with Crippen molar-refractivity contribution in [3.63, 3.8) is 0 Å². The summed E-state index contributed by atoms with van der Waals surface area (Å²) in [5, 5.41) is 13.6. The summed E-state index contributed by atoms with van der Waals surface area (Å²) in [4.78, 5) is 18.4. The Morgan fingerprint density at radius 2 is 2.14 bits per heavy atom. The van der Waals surface area contributed by atoms with Crippen molar-refractivity contribution in [1.82, 2.24) is 10.1 Å². The number of amides is 1. The van der Waals surface area contributed by atoms with E-state index in [1.807, 2.05) is 6.07 Å². The molecule has 1 aliphatic carbocycles. The van der Waals surface area contributed by atoms with E-state index in [9.17, 15) is 9.90 Å². The van der Waals surface area contributed by atoms with Gasteiger partial charge >= 0.3 is 0 Å². The van der Waals surface area contributed by atoms with E-state index in [2.05, 4.69) is 10.1 Å². The van der Waals surface area contributed by atoms with Gasteiger partial charge in [0, 0.05) is 30.6 Å². The summed E-state index contributed by atoms with van der Waals surface area (Å²) in [5.41, 5.74) is 0.700. The topological polar surface area (TPSA) is 79.5 Å². The molecule has 0 bridgehead atoms. The zero-order valence-corrected chi connectivity index (χ0v) is 12.1. The smallest absolute Gasteiger partial charge is 0.232 e. The zero-order valence-electron chi connectivity index (χ0n) is 12.1. The predicted molar refractivity (Wildman–Crippen MR) is 78.7 cm³/mol. The Morgan fingerprint density at radius 3 is 2.86 bits per heavy atom. The lowest BCUT2D eigenvalue weighted by atomic mass is 9.85. The minimum Gasteiger partial charge on any atom is -0.508 e. The number of carbonyl (C=O) groups is 1. The summed E-state index contributed by atoms with van der Waals surface area (Å²) in [5.74, 6) is 1.85. The average molecular weight is 299 g/mol. The van der Waals surface area contributed by atoms with Crippen molar-refractivity contribution in [3.05, 3.63) is 36.0 Å². The van der Waals surface area contributed by atoms with Crippen molar-refractivity contribution in [2.45, 2.75) is 37.5 Å². The molecule has 6 heteroatoms. The van der Waals surface area contributed by atoms with Crippen LogP contribution in [0.15, 0.2) is 28.8 Å². The maximum atomic E-state index is 12.2. The summed E-state index contributed by atoms with van der Waals surface area (Å²) >= 11 is 0. The molecule has 1 amide bonds. The van der Waals surface area contributed by atoms with Gasteiger partial charge in [-0.3, -0.25) is 4.79 Å². The highest BCUT2D eigenvalue weighted by molar-refractivity contribution is 5.96. The van der Waals surface area contributed by atoms with Crippen LogP contribution < -0.4 is 4.90 Å². The molecule has 1 aromatic carbocycles. The van der Waals surface area contributed by atoms with Crippen LogP contribution in [0.4, 0.5) is 5.69 Å². The van der Waals surface area contributed by atoms with Gasteiger partial charge in [0.2, 0.25) is 11.8 Å². The summed E-state index contributed by atoms with van der Waals surface area (Å²) in [7, 11) is 0. The Kier molecular flexibility index (Phi) is 3.10. The molecule has 2 heterocycles. The van der Waals surface area contributed by atoms with E-state index in [0.717, 1.165) is 18.7 Å². The predicted octanol–water partition coefficient (Wildman–Crippen LogP) is 2.56. The summed E-state index contributed by atoms with van der Waals surface area (Å²) in [6.45, 7) is 0.509. The molecule has 4 rings (SSSR count). The minimum absolute atomic E-state index is 0.0130. The molecule has 1 saturated carbocycles. The van der Waals surface area contributed by atoms with Crippen LogP contribution in [0.1, 0.15) is 49.2 Å². The molecule has 6 nitrogen and oxygen atoms in total. The van der Waals surface area contributed by atoms with Crippen LogP contribution >= 0.6 is 0 Å². The van der Waals surface area contributed by atoms with Crippen LogP contribution in [-0.2, 0) is 4.79 Å². The molecule has 1 N–H and O–H groups in total. The third-order valence-corrected chi connectivity index (χ3v) is 4.54. The lowest BCUT2D eigenvalue weighted by Gasteiger charge is -2.21. The number of aromatic hydroxyl groups is 1. The molecule has 114 valence electrons. The number of hydrogen-bond acceptors (Lipinski definition) is 5. The fourth-order valence-electron chi connectivity index (χ4n) is 3.03. The lowest BCUT2D eigenvalue weighted by Crippen LogP contribution is -2.24. The van der Waals surface area contributed by atoms with Gasteiger partial charge in [-0.05, 0) is 25.0 Å². The van der Waals surface area contributed by atoms with E-state index < -0.39 is 0 Å². The fraction of sp³-hybridized carbons (Fsp3) is 0.438. The van der Waals surface area contributed by atoms with Crippen LogP contribution in [0.2, 0.25) is 0 Å². The Labute approximate surface area is 127 Å². The first-order chi connectivity index (χ1) is 10.7. The Morgan fingerprint density at radius 1 is 1.27 bits per heavy atom. The van der Waals surface area contributed by atoms with E-state index in [1.54, 1.807) is 23.1 Å². The van der Waals surface area contributed by atoms with Gasteiger partial charge in [0.05, 0.1) is 5.92 Å². The van der Waals surface area contributed by atoms with Crippen LogP contribution in [0, 0.1) is 0 Å². The number of hydrogen-bond donors (Lipinski definition) is 1. The molecule has 1 aliphatic heterocycles. The second-order valence-corrected chi connectivity index (χ2v) is 6.04. The molecule has 0 spiro atoms. The number of benzene rings is 1. The fourth-order valence-corrected chi connectivity index (χ4v) is 3.03. The average Bonchev–Trinajstić information content (AvgIpc) is 3.04. The third kappa shape index (κ3) is 2.24. The Balaban J connectivity index is 1.53. The molecule has 1 aromatic heterocycles. The molecule has 0 radical (unpaired) electrons. The first-order valence-corrected chi connectivity index (χ1v) is 7.63. The molecule has 22 heavy (non-hydrogen) atoms. The Hall–Kier alpha value is -2.37. The van der Waals surface area contributed by atoms with Crippen LogP contribution in [0.5, 0.6) is 5.75 Å². The van der Waals surface area contributed by atoms with E-state index in [0.29, 0.717) is 30.5 Å². The zero-order chi connectivity index (χ0) is 15.1. The summed E-state index contributed by atoms with van der Waals surface area (Å²) in [6, 6.07) is 6.72. The number of carbonyl (C=O) groups excluding carboxylic acids is 1. The van der Waals surface area contributed by atoms with E-state index in [-0.39, 0.29) is 17.6 Å². The van der Waals surface area contributed by atoms with Crippen molar-refractivity contribution in [2.75, 3.05) is 11.4 Å². The molecule has 2 fully saturated rings. The second kappa shape index (κ2) is 5.12. The summed E-state index contributed by atoms with van der Waals surface area (Å²) < 4.78 is 5.37. The highest BCUT2D eigenvalue weighted by Gasteiger charge is 2.36. The number of rotatable bonds is 3. The second-order valence-electron chi connectivity index (χ2n) is 6.04. The monoisotopic (exact) mass is 299 g/mol. The maximum Gasteiger partial charge on any atom is 0.232 e. The highest BCUT2D eigenvalue weighted by atomic mass is 16.5. The van der Waals surface area contributed by atoms with E-state index >= 15 is 0 Å². The highest BCUT2D eigenvalue weighted by Crippen LogP contribution is 2.37. The van der Waals surface area contributed by atoms with Crippen molar-refractivity contribution in [3.8, 4) is 5.75 Å².